The molecule has 0 atom stereocenters. The number of rotatable bonds is 8. The number of aromatic nitrogens is 2. The summed E-state index contributed by atoms with van der Waals surface area (Å²) in [5.41, 5.74) is 1.53. The predicted molar refractivity (Wildman–Crippen MR) is 130 cm³/mol. The quantitative estimate of drug-likeness (QED) is 0.299. The Morgan fingerprint density at radius 1 is 1.06 bits per heavy atom. The maximum Gasteiger partial charge on any atom is 0.262 e. The van der Waals surface area contributed by atoms with Gasteiger partial charge in [-0.3, -0.25) is 14.2 Å². The number of ether oxygens (including phenoxy) is 2. The molecule has 0 fully saturated rings. The van der Waals surface area contributed by atoms with Crippen LogP contribution in [0.4, 0.5) is 10.1 Å². The lowest BCUT2D eigenvalue weighted by Crippen LogP contribution is -2.25. The number of nitrogens with one attached hydrogen (secondary N) is 1. The number of fused-ring (bicyclic) bond motifs is 1. The van der Waals surface area contributed by atoms with Crippen molar-refractivity contribution in [2.45, 2.75) is 11.7 Å². The van der Waals surface area contributed by atoms with Gasteiger partial charge < -0.3 is 14.8 Å². The lowest BCUT2D eigenvalue weighted by molar-refractivity contribution is -0.113. The summed E-state index contributed by atoms with van der Waals surface area (Å²) in [7, 11) is 3.05. The fourth-order valence-electron chi connectivity index (χ4n) is 3.40. The number of benzene rings is 3. The van der Waals surface area contributed by atoms with Crippen LogP contribution < -0.4 is 20.3 Å². The summed E-state index contributed by atoms with van der Waals surface area (Å²) in [6.07, 6.45) is 0. The number of hydrogen-bond donors (Lipinski definition) is 1. The minimum absolute atomic E-state index is 0.00849. The monoisotopic (exact) mass is 479 g/mol. The highest BCUT2D eigenvalue weighted by molar-refractivity contribution is 7.99. The zero-order valence-electron chi connectivity index (χ0n) is 18.6. The molecule has 0 saturated heterocycles. The van der Waals surface area contributed by atoms with Crippen molar-refractivity contribution in [2.75, 3.05) is 25.3 Å². The van der Waals surface area contributed by atoms with E-state index in [9.17, 15) is 14.0 Å². The molecule has 1 heterocycles. The summed E-state index contributed by atoms with van der Waals surface area (Å²) in [5, 5.41) is 3.67. The van der Waals surface area contributed by atoms with Crippen molar-refractivity contribution in [2.24, 2.45) is 0 Å². The second-order valence-corrected chi connectivity index (χ2v) is 8.27. The Hall–Kier alpha value is -3.85. The molecule has 4 rings (SSSR count). The van der Waals surface area contributed by atoms with Crippen LogP contribution in [0.25, 0.3) is 10.9 Å². The van der Waals surface area contributed by atoms with Gasteiger partial charge in [0.1, 0.15) is 17.3 Å². The molecule has 3 aromatic carbocycles. The molecule has 34 heavy (non-hydrogen) atoms. The number of thioether (sulfide) groups is 1. The van der Waals surface area contributed by atoms with E-state index >= 15 is 0 Å². The maximum atomic E-state index is 13.3. The van der Waals surface area contributed by atoms with Crippen LogP contribution >= 0.6 is 11.8 Å². The van der Waals surface area contributed by atoms with E-state index in [-0.39, 0.29) is 29.6 Å². The molecule has 9 heteroatoms. The number of amides is 1. The summed E-state index contributed by atoms with van der Waals surface area (Å²) in [5.74, 6) is 0.428. The van der Waals surface area contributed by atoms with Crippen LogP contribution in [0, 0.1) is 5.82 Å². The second kappa shape index (κ2) is 10.4. The van der Waals surface area contributed by atoms with Gasteiger partial charge in [0, 0.05) is 6.07 Å². The molecule has 0 bridgehead atoms. The maximum absolute atomic E-state index is 13.3. The van der Waals surface area contributed by atoms with Crippen LogP contribution in [-0.4, -0.2) is 35.4 Å². The Balaban J connectivity index is 1.60. The Bertz CT molecular complexity index is 1390. The van der Waals surface area contributed by atoms with Crippen LogP contribution in [0.1, 0.15) is 5.56 Å². The van der Waals surface area contributed by atoms with Crippen molar-refractivity contribution in [1.82, 2.24) is 9.55 Å². The van der Waals surface area contributed by atoms with Crippen LogP contribution in [0.5, 0.6) is 11.5 Å². The molecular weight excluding hydrogens is 457 g/mol. The third-order valence-electron chi connectivity index (χ3n) is 5.09. The average Bonchev–Trinajstić information content (AvgIpc) is 2.86. The third-order valence-corrected chi connectivity index (χ3v) is 6.07. The van der Waals surface area contributed by atoms with Crippen molar-refractivity contribution in [3.63, 3.8) is 0 Å². The molecule has 4 aromatic rings. The Morgan fingerprint density at radius 2 is 1.82 bits per heavy atom. The average molecular weight is 480 g/mol. The molecule has 7 nitrogen and oxygen atoms in total. The third kappa shape index (κ3) is 5.20. The summed E-state index contributed by atoms with van der Waals surface area (Å²) in [6.45, 7) is 0.199. The van der Waals surface area contributed by atoms with Gasteiger partial charge in [0.25, 0.3) is 5.56 Å². The van der Waals surface area contributed by atoms with Gasteiger partial charge in [0.2, 0.25) is 5.91 Å². The number of carbonyl (C=O) groups excluding carboxylic acids is 1. The number of carbonyl (C=O) groups is 1. The fraction of sp³-hybridized carbons (Fsp3) is 0.160. The first-order chi connectivity index (χ1) is 16.5. The lowest BCUT2D eigenvalue weighted by Gasteiger charge is -2.14. The zero-order chi connectivity index (χ0) is 24.1. The van der Waals surface area contributed by atoms with Gasteiger partial charge in [0.05, 0.1) is 43.1 Å². The predicted octanol–water partition coefficient (Wildman–Crippen LogP) is 4.33. The van der Waals surface area contributed by atoms with Gasteiger partial charge >= 0.3 is 0 Å². The molecule has 174 valence electrons. The number of methoxy groups -OCH3 is 2. The van der Waals surface area contributed by atoms with Crippen LogP contribution in [0.15, 0.2) is 76.7 Å². The largest absolute Gasteiger partial charge is 0.497 e. The molecule has 0 aliphatic rings. The first-order valence-electron chi connectivity index (χ1n) is 10.4. The highest BCUT2D eigenvalue weighted by atomic mass is 32.2. The second-order valence-electron chi connectivity index (χ2n) is 7.33. The molecule has 1 N–H and O–H groups in total. The molecule has 0 saturated carbocycles. The van der Waals surface area contributed by atoms with E-state index in [1.807, 2.05) is 0 Å². The van der Waals surface area contributed by atoms with Gasteiger partial charge in [-0.15, -0.1) is 0 Å². The summed E-state index contributed by atoms with van der Waals surface area (Å²) in [4.78, 5) is 30.6. The number of halogens is 1. The van der Waals surface area contributed by atoms with Gasteiger partial charge in [-0.1, -0.05) is 36.0 Å². The standard InChI is InChI=1S/C25H22FN3O4S/c1-32-18-11-12-22(33-2)21(13-18)27-23(30)15-34-25-28-20-6-4-3-5-19(20)24(31)29(25)14-16-7-9-17(26)10-8-16/h3-13H,14-15H2,1-2H3,(H,27,30). The highest BCUT2D eigenvalue weighted by Crippen LogP contribution is 2.29. The molecule has 0 radical (unpaired) electrons. The number of anilines is 1. The SMILES string of the molecule is COc1ccc(OC)c(NC(=O)CSc2nc3ccccc3c(=O)n2Cc2ccc(F)cc2)c1. The van der Waals surface area contributed by atoms with E-state index in [2.05, 4.69) is 10.3 Å². The van der Waals surface area contributed by atoms with E-state index in [1.54, 1.807) is 54.6 Å². The Morgan fingerprint density at radius 3 is 2.56 bits per heavy atom. The summed E-state index contributed by atoms with van der Waals surface area (Å²) < 4.78 is 25.4. The topological polar surface area (TPSA) is 82.5 Å². The first kappa shape index (κ1) is 23.3. The summed E-state index contributed by atoms with van der Waals surface area (Å²) in [6, 6.07) is 18.1. The van der Waals surface area contributed by atoms with Crippen molar-refractivity contribution < 1.29 is 18.7 Å². The van der Waals surface area contributed by atoms with Crippen LogP contribution in [0.2, 0.25) is 0 Å². The highest BCUT2D eigenvalue weighted by Gasteiger charge is 2.15. The van der Waals surface area contributed by atoms with Gasteiger partial charge in [0.15, 0.2) is 5.16 Å². The molecule has 0 aliphatic carbocycles. The minimum atomic E-state index is -0.355. The first-order valence-corrected chi connectivity index (χ1v) is 11.4. The van der Waals surface area contributed by atoms with Crippen molar-refractivity contribution in [3.8, 4) is 11.5 Å². The van der Waals surface area contributed by atoms with E-state index in [1.165, 1.54) is 30.9 Å². The van der Waals surface area contributed by atoms with Gasteiger partial charge in [-0.2, -0.15) is 0 Å². The summed E-state index contributed by atoms with van der Waals surface area (Å²) >= 11 is 1.14. The molecule has 1 amide bonds. The van der Waals surface area contributed by atoms with E-state index in [4.69, 9.17) is 9.47 Å². The van der Waals surface area contributed by atoms with E-state index < -0.39 is 0 Å². The van der Waals surface area contributed by atoms with E-state index in [0.717, 1.165) is 17.3 Å². The number of para-hydroxylation sites is 1. The van der Waals surface area contributed by atoms with Crippen molar-refractivity contribution in [1.29, 1.82) is 0 Å². The fourth-order valence-corrected chi connectivity index (χ4v) is 4.20. The Labute approximate surface area is 199 Å². The normalized spacial score (nSPS) is 10.8. The van der Waals surface area contributed by atoms with Crippen molar-refractivity contribution >= 4 is 34.3 Å². The molecule has 1 aromatic heterocycles. The molecular formula is C25H22FN3O4S. The lowest BCUT2D eigenvalue weighted by atomic mass is 10.2. The van der Waals surface area contributed by atoms with Gasteiger partial charge in [-0.05, 0) is 42.0 Å². The molecule has 0 unspecified atom stereocenters. The Kier molecular flexibility index (Phi) is 7.12. The zero-order valence-corrected chi connectivity index (χ0v) is 19.4. The molecule has 0 aliphatic heterocycles. The van der Waals surface area contributed by atoms with Crippen LogP contribution in [-0.2, 0) is 11.3 Å². The number of nitrogens with zero attached hydrogens (tertiary/aromatic N) is 2. The van der Waals surface area contributed by atoms with E-state index in [0.29, 0.717) is 33.2 Å². The molecule has 0 spiro atoms. The van der Waals surface area contributed by atoms with Crippen molar-refractivity contribution in [3.05, 3.63) is 88.5 Å². The smallest absolute Gasteiger partial charge is 0.262 e. The van der Waals surface area contributed by atoms with Crippen LogP contribution in [0.3, 0.4) is 0 Å². The number of hydrogen-bond acceptors (Lipinski definition) is 6. The van der Waals surface area contributed by atoms with Gasteiger partial charge in [-0.25, -0.2) is 9.37 Å². The minimum Gasteiger partial charge on any atom is -0.497 e.